The predicted molar refractivity (Wildman–Crippen MR) is 74.6 cm³/mol. The van der Waals surface area contributed by atoms with Gasteiger partial charge in [-0.3, -0.25) is 4.18 Å². The average Bonchev–Trinajstić information content (AvgIpc) is 2.36. The lowest BCUT2D eigenvalue weighted by molar-refractivity contribution is 0.135. The highest BCUT2D eigenvalue weighted by Gasteiger charge is 2.10. The largest absolute Gasteiger partial charge is 0.445 e. The molecule has 0 saturated heterocycles. The lowest BCUT2D eigenvalue weighted by Gasteiger charge is -2.13. The number of alkyl carbamates (subject to hydrolysis) is 1. The summed E-state index contributed by atoms with van der Waals surface area (Å²) in [4.78, 5) is 11.5. The van der Waals surface area contributed by atoms with E-state index in [1.54, 1.807) is 6.92 Å². The van der Waals surface area contributed by atoms with Crippen LogP contribution in [0.5, 0.6) is 0 Å². The molecule has 1 atom stereocenters. The van der Waals surface area contributed by atoms with E-state index >= 15 is 0 Å². The molecular formula is C13H19NO5S. The molecule has 0 radical (unpaired) electrons. The van der Waals surface area contributed by atoms with Crippen molar-refractivity contribution >= 4 is 16.2 Å². The SMILES string of the molecule is C[C@H](CCOS(C)(=O)=O)NC(=O)OCc1ccccc1. The quantitative estimate of drug-likeness (QED) is 0.775. The second kappa shape index (κ2) is 7.86. The molecule has 1 rings (SSSR count). The molecule has 7 heteroatoms. The van der Waals surface area contributed by atoms with Gasteiger partial charge in [0.15, 0.2) is 0 Å². The van der Waals surface area contributed by atoms with Crippen LogP contribution in [0.3, 0.4) is 0 Å². The number of ether oxygens (including phenoxy) is 1. The monoisotopic (exact) mass is 301 g/mol. The molecule has 0 aliphatic rings. The molecule has 0 aliphatic heterocycles. The van der Waals surface area contributed by atoms with Gasteiger partial charge in [-0.2, -0.15) is 8.42 Å². The van der Waals surface area contributed by atoms with Crippen molar-refractivity contribution in [2.24, 2.45) is 0 Å². The van der Waals surface area contributed by atoms with Gasteiger partial charge in [0, 0.05) is 6.04 Å². The van der Waals surface area contributed by atoms with Crippen LogP contribution in [-0.4, -0.2) is 33.4 Å². The first-order valence-electron chi connectivity index (χ1n) is 6.18. The molecule has 0 saturated carbocycles. The first kappa shape index (κ1) is 16.5. The third kappa shape index (κ3) is 7.75. The smallest absolute Gasteiger partial charge is 0.407 e. The van der Waals surface area contributed by atoms with E-state index in [1.807, 2.05) is 30.3 Å². The van der Waals surface area contributed by atoms with Gasteiger partial charge in [-0.05, 0) is 18.9 Å². The number of rotatable bonds is 7. The van der Waals surface area contributed by atoms with E-state index < -0.39 is 16.2 Å². The molecule has 0 aromatic heterocycles. The summed E-state index contributed by atoms with van der Waals surface area (Å²) in [7, 11) is -3.44. The summed E-state index contributed by atoms with van der Waals surface area (Å²) in [5.41, 5.74) is 0.899. The van der Waals surface area contributed by atoms with Crippen molar-refractivity contribution in [3.05, 3.63) is 35.9 Å². The van der Waals surface area contributed by atoms with Crippen molar-refractivity contribution in [3.63, 3.8) is 0 Å². The maximum atomic E-state index is 11.5. The van der Waals surface area contributed by atoms with Crippen LogP contribution in [0.2, 0.25) is 0 Å². The van der Waals surface area contributed by atoms with Gasteiger partial charge in [-0.15, -0.1) is 0 Å². The van der Waals surface area contributed by atoms with Gasteiger partial charge in [0.2, 0.25) is 0 Å². The lowest BCUT2D eigenvalue weighted by Crippen LogP contribution is -2.34. The summed E-state index contributed by atoms with van der Waals surface area (Å²) in [6.07, 6.45) is 0.827. The maximum Gasteiger partial charge on any atom is 0.407 e. The van der Waals surface area contributed by atoms with Gasteiger partial charge in [0.1, 0.15) is 6.61 Å². The molecule has 1 aromatic rings. The molecule has 1 amide bonds. The van der Waals surface area contributed by atoms with Gasteiger partial charge < -0.3 is 10.1 Å². The van der Waals surface area contributed by atoms with Crippen molar-refractivity contribution in [2.75, 3.05) is 12.9 Å². The Labute approximate surface area is 119 Å². The molecule has 0 unspecified atom stereocenters. The number of amides is 1. The maximum absolute atomic E-state index is 11.5. The third-order valence-electron chi connectivity index (χ3n) is 2.43. The average molecular weight is 301 g/mol. The first-order chi connectivity index (χ1) is 9.37. The van der Waals surface area contributed by atoms with Crippen molar-refractivity contribution < 1.29 is 22.1 Å². The van der Waals surface area contributed by atoms with E-state index in [-0.39, 0.29) is 19.3 Å². The lowest BCUT2D eigenvalue weighted by atomic mass is 10.2. The molecule has 112 valence electrons. The Hall–Kier alpha value is -1.60. The third-order valence-corrected chi connectivity index (χ3v) is 3.02. The topological polar surface area (TPSA) is 81.7 Å². The van der Waals surface area contributed by atoms with Crippen molar-refractivity contribution in [1.29, 1.82) is 0 Å². The van der Waals surface area contributed by atoms with Crippen LogP contribution in [0.4, 0.5) is 4.79 Å². The van der Waals surface area contributed by atoms with Crippen molar-refractivity contribution in [2.45, 2.75) is 26.0 Å². The number of hydrogen-bond acceptors (Lipinski definition) is 5. The second-order valence-corrected chi connectivity index (χ2v) is 6.07. The normalized spacial score (nSPS) is 12.7. The van der Waals surface area contributed by atoms with Gasteiger partial charge in [0.25, 0.3) is 10.1 Å². The second-order valence-electron chi connectivity index (χ2n) is 4.42. The Bertz CT molecular complexity index is 515. The fraction of sp³-hybridized carbons (Fsp3) is 0.462. The van der Waals surface area contributed by atoms with E-state index in [9.17, 15) is 13.2 Å². The molecule has 0 fully saturated rings. The van der Waals surface area contributed by atoms with Crippen LogP contribution in [0, 0.1) is 0 Å². The molecule has 0 heterocycles. The van der Waals surface area contributed by atoms with E-state index in [1.165, 1.54) is 0 Å². The van der Waals surface area contributed by atoms with E-state index in [2.05, 4.69) is 9.50 Å². The summed E-state index contributed by atoms with van der Waals surface area (Å²) in [6.45, 7) is 1.97. The molecule has 1 aromatic carbocycles. The van der Waals surface area contributed by atoms with E-state index in [0.717, 1.165) is 11.8 Å². The first-order valence-corrected chi connectivity index (χ1v) is 8.00. The van der Waals surface area contributed by atoms with Gasteiger partial charge in [-0.1, -0.05) is 30.3 Å². The van der Waals surface area contributed by atoms with Crippen LogP contribution < -0.4 is 5.32 Å². The zero-order valence-electron chi connectivity index (χ0n) is 11.5. The predicted octanol–water partition coefficient (Wildman–Crippen LogP) is 1.67. The Kier molecular flexibility index (Phi) is 6.47. The number of hydrogen-bond donors (Lipinski definition) is 1. The number of carbonyl (C=O) groups is 1. The zero-order valence-corrected chi connectivity index (χ0v) is 12.4. The Morgan fingerprint density at radius 1 is 1.30 bits per heavy atom. The standard InChI is InChI=1S/C13H19NO5S/c1-11(8-9-19-20(2,16)17)14-13(15)18-10-12-6-4-3-5-7-12/h3-7,11H,8-10H2,1-2H3,(H,14,15)/t11-/m1/s1. The minimum Gasteiger partial charge on any atom is -0.445 e. The summed E-state index contributed by atoms with van der Waals surface area (Å²) < 4.78 is 31.1. The van der Waals surface area contributed by atoms with Gasteiger partial charge in [0.05, 0.1) is 12.9 Å². The minimum atomic E-state index is -3.44. The highest BCUT2D eigenvalue weighted by Crippen LogP contribution is 2.01. The van der Waals surface area contributed by atoms with Crippen LogP contribution >= 0.6 is 0 Å². The van der Waals surface area contributed by atoms with E-state index in [4.69, 9.17) is 4.74 Å². The van der Waals surface area contributed by atoms with E-state index in [0.29, 0.717) is 6.42 Å². The molecule has 20 heavy (non-hydrogen) atoms. The Morgan fingerprint density at radius 2 is 1.95 bits per heavy atom. The minimum absolute atomic E-state index is 0.0268. The van der Waals surface area contributed by atoms with Crippen LogP contribution in [-0.2, 0) is 25.6 Å². The molecule has 0 bridgehead atoms. The molecule has 0 spiro atoms. The van der Waals surface area contributed by atoms with Crippen LogP contribution in [0.15, 0.2) is 30.3 Å². The Balaban J connectivity index is 2.21. The molecular weight excluding hydrogens is 282 g/mol. The zero-order chi connectivity index (χ0) is 15.0. The Morgan fingerprint density at radius 3 is 2.55 bits per heavy atom. The summed E-state index contributed by atoms with van der Waals surface area (Å²) in [6, 6.07) is 9.09. The van der Waals surface area contributed by atoms with Gasteiger partial charge >= 0.3 is 6.09 Å². The fourth-order valence-electron chi connectivity index (χ4n) is 1.41. The van der Waals surface area contributed by atoms with Crippen molar-refractivity contribution in [1.82, 2.24) is 5.32 Å². The molecule has 0 aliphatic carbocycles. The van der Waals surface area contributed by atoms with Crippen LogP contribution in [0.25, 0.3) is 0 Å². The molecule has 1 N–H and O–H groups in total. The molecule has 6 nitrogen and oxygen atoms in total. The fourth-order valence-corrected chi connectivity index (χ4v) is 1.81. The van der Waals surface area contributed by atoms with Crippen LogP contribution in [0.1, 0.15) is 18.9 Å². The highest BCUT2D eigenvalue weighted by molar-refractivity contribution is 7.85. The number of nitrogens with one attached hydrogen (secondary N) is 1. The highest BCUT2D eigenvalue weighted by atomic mass is 32.2. The summed E-state index contributed by atoms with van der Waals surface area (Å²) >= 11 is 0. The van der Waals surface area contributed by atoms with Crippen molar-refractivity contribution in [3.8, 4) is 0 Å². The van der Waals surface area contributed by atoms with Gasteiger partial charge in [-0.25, -0.2) is 4.79 Å². The summed E-state index contributed by atoms with van der Waals surface area (Å²) in [5.74, 6) is 0. The number of carbonyl (C=O) groups excluding carboxylic acids is 1. The summed E-state index contributed by atoms with van der Waals surface area (Å²) in [5, 5.41) is 2.60. The number of benzene rings is 1.